The second kappa shape index (κ2) is 4.45. The predicted octanol–water partition coefficient (Wildman–Crippen LogP) is 1.16. The number of esters is 1. The summed E-state index contributed by atoms with van der Waals surface area (Å²) in [7, 11) is 0. The Morgan fingerprint density at radius 2 is 2.43 bits per heavy atom. The van der Waals surface area contributed by atoms with E-state index >= 15 is 0 Å². The zero-order valence-corrected chi connectivity index (χ0v) is 7.74. The van der Waals surface area contributed by atoms with Crippen molar-refractivity contribution < 1.29 is 23.8 Å². The van der Waals surface area contributed by atoms with Gasteiger partial charge in [-0.3, -0.25) is 0 Å². The van der Waals surface area contributed by atoms with Gasteiger partial charge in [0.15, 0.2) is 6.61 Å². The minimum atomic E-state index is -0.734. The van der Waals surface area contributed by atoms with Crippen LogP contribution in [-0.2, 0) is 19.0 Å². The fourth-order valence-corrected chi connectivity index (χ4v) is 0.730. The quantitative estimate of drug-likeness (QED) is 0.503. The van der Waals surface area contributed by atoms with E-state index in [-0.39, 0.29) is 13.2 Å². The largest absolute Gasteiger partial charge is 0.514 e. The van der Waals surface area contributed by atoms with E-state index < -0.39 is 12.1 Å². The first kappa shape index (κ1) is 10.3. The molecule has 1 heterocycles. The molecule has 0 aliphatic carbocycles. The molecule has 0 unspecified atom stereocenters. The lowest BCUT2D eigenvalue weighted by molar-refractivity contribution is -0.137. The molecule has 0 aromatic heterocycles. The standard InChI is InChI=1S/C9H10O5/c1-6(2)8(10)12-4-3-7-5-13-9(11)14-7/h3H,1,4-5H2,2H3/b7-3-. The zero-order chi connectivity index (χ0) is 10.6. The molecule has 0 amide bonds. The van der Waals surface area contributed by atoms with Gasteiger partial charge in [-0.05, 0) is 13.0 Å². The van der Waals surface area contributed by atoms with E-state index in [2.05, 4.69) is 16.1 Å². The van der Waals surface area contributed by atoms with Crippen LogP contribution in [0.15, 0.2) is 24.0 Å². The molecule has 0 atom stereocenters. The Balaban J connectivity index is 2.30. The van der Waals surface area contributed by atoms with Crippen LogP contribution in [0.1, 0.15) is 6.92 Å². The molecule has 14 heavy (non-hydrogen) atoms. The van der Waals surface area contributed by atoms with Crippen molar-refractivity contribution in [2.45, 2.75) is 6.92 Å². The Kier molecular flexibility index (Phi) is 3.28. The number of hydrogen-bond donors (Lipinski definition) is 0. The molecule has 5 heteroatoms. The van der Waals surface area contributed by atoms with Crippen LogP contribution in [0.2, 0.25) is 0 Å². The molecule has 0 N–H and O–H groups in total. The SMILES string of the molecule is C=C(C)C(=O)OC/C=C1/COC(=O)O1. The average molecular weight is 198 g/mol. The summed E-state index contributed by atoms with van der Waals surface area (Å²) in [5, 5.41) is 0. The second-order valence-electron chi connectivity index (χ2n) is 2.69. The number of carbonyl (C=O) groups excluding carboxylic acids is 2. The van der Waals surface area contributed by atoms with Gasteiger partial charge < -0.3 is 14.2 Å². The van der Waals surface area contributed by atoms with Crippen LogP contribution in [0.3, 0.4) is 0 Å². The maximum absolute atomic E-state index is 10.9. The molecule has 1 rings (SSSR count). The fraction of sp³-hybridized carbons (Fsp3) is 0.333. The molecular weight excluding hydrogens is 188 g/mol. The molecule has 0 aromatic carbocycles. The van der Waals surface area contributed by atoms with Crippen LogP contribution >= 0.6 is 0 Å². The van der Waals surface area contributed by atoms with Crippen LogP contribution in [0, 0.1) is 0 Å². The first-order valence-electron chi connectivity index (χ1n) is 3.96. The summed E-state index contributed by atoms with van der Waals surface area (Å²) >= 11 is 0. The maximum atomic E-state index is 10.9. The number of carbonyl (C=O) groups is 2. The molecule has 1 aliphatic heterocycles. The predicted molar refractivity (Wildman–Crippen MR) is 46.3 cm³/mol. The van der Waals surface area contributed by atoms with E-state index in [1.165, 1.54) is 6.08 Å². The van der Waals surface area contributed by atoms with Crippen molar-refractivity contribution in [3.8, 4) is 0 Å². The maximum Gasteiger partial charge on any atom is 0.514 e. The lowest BCUT2D eigenvalue weighted by atomic mass is 10.4. The van der Waals surface area contributed by atoms with E-state index in [4.69, 9.17) is 4.74 Å². The summed E-state index contributed by atoms with van der Waals surface area (Å²) in [5.74, 6) is -0.128. The highest BCUT2D eigenvalue weighted by atomic mass is 16.8. The average Bonchev–Trinajstić information content (AvgIpc) is 2.51. The van der Waals surface area contributed by atoms with Crippen LogP contribution < -0.4 is 0 Å². The Morgan fingerprint density at radius 3 is 2.93 bits per heavy atom. The van der Waals surface area contributed by atoms with E-state index in [0.29, 0.717) is 11.3 Å². The third kappa shape index (κ3) is 2.93. The van der Waals surface area contributed by atoms with Gasteiger partial charge in [-0.25, -0.2) is 9.59 Å². The Bertz CT molecular complexity index is 302. The molecule has 1 saturated heterocycles. The summed E-state index contributed by atoms with van der Waals surface area (Å²) in [6, 6.07) is 0. The highest BCUT2D eigenvalue weighted by Crippen LogP contribution is 2.09. The molecule has 0 bridgehead atoms. The van der Waals surface area contributed by atoms with Crippen molar-refractivity contribution in [3.63, 3.8) is 0 Å². The minimum Gasteiger partial charge on any atom is -0.458 e. The molecule has 0 saturated carbocycles. The van der Waals surface area contributed by atoms with Gasteiger partial charge in [0, 0.05) is 5.57 Å². The first-order chi connectivity index (χ1) is 6.59. The molecule has 0 radical (unpaired) electrons. The lowest BCUT2D eigenvalue weighted by Crippen LogP contribution is -2.05. The summed E-state index contributed by atoms with van der Waals surface area (Å²) in [6.45, 7) is 5.09. The van der Waals surface area contributed by atoms with E-state index in [0.717, 1.165) is 0 Å². The first-order valence-corrected chi connectivity index (χ1v) is 3.96. The topological polar surface area (TPSA) is 61.8 Å². The third-order valence-corrected chi connectivity index (χ3v) is 1.42. The molecule has 0 spiro atoms. The van der Waals surface area contributed by atoms with Gasteiger partial charge in [-0.2, -0.15) is 0 Å². The lowest BCUT2D eigenvalue weighted by Gasteiger charge is -1.99. The van der Waals surface area contributed by atoms with Gasteiger partial charge in [-0.1, -0.05) is 6.58 Å². The normalized spacial score (nSPS) is 17.5. The summed E-state index contributed by atoms with van der Waals surface area (Å²) in [4.78, 5) is 21.3. The van der Waals surface area contributed by atoms with Crippen molar-refractivity contribution in [1.82, 2.24) is 0 Å². The summed E-state index contributed by atoms with van der Waals surface area (Å²) in [6.07, 6.45) is 0.730. The monoisotopic (exact) mass is 198 g/mol. The second-order valence-corrected chi connectivity index (χ2v) is 2.69. The fourth-order valence-electron chi connectivity index (χ4n) is 0.730. The molecule has 5 nitrogen and oxygen atoms in total. The van der Waals surface area contributed by atoms with Crippen molar-refractivity contribution in [3.05, 3.63) is 24.0 Å². The van der Waals surface area contributed by atoms with Crippen LogP contribution in [-0.4, -0.2) is 25.3 Å². The van der Waals surface area contributed by atoms with E-state index in [1.807, 2.05) is 0 Å². The molecule has 1 aliphatic rings. The Morgan fingerprint density at radius 1 is 1.71 bits per heavy atom. The molecule has 1 fully saturated rings. The molecule has 0 aromatic rings. The van der Waals surface area contributed by atoms with Gasteiger partial charge in [0.05, 0.1) is 0 Å². The highest BCUT2D eigenvalue weighted by Gasteiger charge is 2.17. The Hall–Kier alpha value is -1.78. The third-order valence-electron chi connectivity index (χ3n) is 1.42. The number of rotatable bonds is 3. The Labute approximate surface area is 80.9 Å². The van der Waals surface area contributed by atoms with Crippen molar-refractivity contribution in [1.29, 1.82) is 0 Å². The van der Waals surface area contributed by atoms with Crippen molar-refractivity contribution in [2.75, 3.05) is 13.2 Å². The van der Waals surface area contributed by atoms with Gasteiger partial charge in [-0.15, -0.1) is 0 Å². The van der Waals surface area contributed by atoms with E-state index in [1.54, 1.807) is 6.92 Å². The number of cyclic esters (lactones) is 2. The van der Waals surface area contributed by atoms with Gasteiger partial charge in [0.1, 0.15) is 12.4 Å². The summed E-state index contributed by atoms with van der Waals surface area (Å²) < 4.78 is 13.8. The zero-order valence-electron chi connectivity index (χ0n) is 7.74. The van der Waals surface area contributed by atoms with Gasteiger partial charge >= 0.3 is 12.1 Å². The van der Waals surface area contributed by atoms with Crippen LogP contribution in [0.4, 0.5) is 4.79 Å². The minimum absolute atomic E-state index is 0.0394. The van der Waals surface area contributed by atoms with Crippen molar-refractivity contribution >= 4 is 12.1 Å². The van der Waals surface area contributed by atoms with E-state index in [9.17, 15) is 9.59 Å². The van der Waals surface area contributed by atoms with Crippen molar-refractivity contribution in [2.24, 2.45) is 0 Å². The number of hydrogen-bond acceptors (Lipinski definition) is 5. The van der Waals surface area contributed by atoms with Crippen LogP contribution in [0.5, 0.6) is 0 Å². The van der Waals surface area contributed by atoms with Crippen LogP contribution in [0.25, 0.3) is 0 Å². The number of ether oxygens (including phenoxy) is 3. The highest BCUT2D eigenvalue weighted by molar-refractivity contribution is 5.86. The van der Waals surface area contributed by atoms with Gasteiger partial charge in [0.25, 0.3) is 0 Å². The summed E-state index contributed by atoms with van der Waals surface area (Å²) in [5.41, 5.74) is 0.322. The molecule has 76 valence electrons. The van der Waals surface area contributed by atoms with Gasteiger partial charge in [0.2, 0.25) is 0 Å². The molecular formula is C9H10O5. The smallest absolute Gasteiger partial charge is 0.458 e.